The number of nitriles is 1. The summed E-state index contributed by atoms with van der Waals surface area (Å²) in [6.07, 6.45) is 0.621. The van der Waals surface area contributed by atoms with E-state index in [1.54, 1.807) is 25.3 Å². The summed E-state index contributed by atoms with van der Waals surface area (Å²) in [5.74, 6) is 0.661. The molecule has 0 saturated heterocycles. The van der Waals surface area contributed by atoms with Crippen molar-refractivity contribution < 1.29 is 9.53 Å². The van der Waals surface area contributed by atoms with Gasteiger partial charge in [-0.15, -0.1) is 5.10 Å². The molecule has 2 rings (SSSR count). The standard InChI is InChI=1S/C12H10N4O2/c1-18-10-4-2-3-9(7-10)12-11(8-17)14-15-16(12)6-5-13/h2-4,7-8H,6H2,1H3. The molecular weight excluding hydrogens is 232 g/mol. The van der Waals surface area contributed by atoms with Gasteiger partial charge >= 0.3 is 0 Å². The summed E-state index contributed by atoms with van der Waals surface area (Å²) in [6, 6.07) is 9.14. The minimum Gasteiger partial charge on any atom is -0.497 e. The Bertz CT molecular complexity index is 613. The quantitative estimate of drug-likeness (QED) is 0.754. The van der Waals surface area contributed by atoms with Gasteiger partial charge in [0.1, 0.15) is 18.0 Å². The van der Waals surface area contributed by atoms with Gasteiger partial charge in [0.25, 0.3) is 0 Å². The third-order valence-corrected chi connectivity index (χ3v) is 2.44. The molecule has 0 saturated carbocycles. The molecule has 1 heterocycles. The number of carbonyl (C=O) groups excluding carboxylic acids is 1. The van der Waals surface area contributed by atoms with Crippen molar-refractivity contribution in [2.75, 3.05) is 7.11 Å². The SMILES string of the molecule is COc1cccc(-c2c(C=O)nnn2CC#N)c1. The lowest BCUT2D eigenvalue weighted by atomic mass is 10.1. The topological polar surface area (TPSA) is 80.8 Å². The predicted octanol–water partition coefficient (Wildman–Crippen LogP) is 1.29. The van der Waals surface area contributed by atoms with Crippen LogP contribution < -0.4 is 4.74 Å². The van der Waals surface area contributed by atoms with E-state index in [2.05, 4.69) is 10.3 Å². The Morgan fingerprint density at radius 3 is 3.06 bits per heavy atom. The van der Waals surface area contributed by atoms with E-state index >= 15 is 0 Å². The number of methoxy groups -OCH3 is 1. The van der Waals surface area contributed by atoms with Crippen molar-refractivity contribution in [2.24, 2.45) is 0 Å². The summed E-state index contributed by atoms with van der Waals surface area (Å²) >= 11 is 0. The van der Waals surface area contributed by atoms with Gasteiger partial charge in [0.2, 0.25) is 0 Å². The Morgan fingerprint density at radius 2 is 2.39 bits per heavy atom. The maximum atomic E-state index is 10.9. The first kappa shape index (κ1) is 11.8. The molecule has 0 aliphatic rings. The third-order valence-electron chi connectivity index (χ3n) is 2.44. The zero-order chi connectivity index (χ0) is 13.0. The average Bonchev–Trinajstić information content (AvgIpc) is 2.82. The molecule has 18 heavy (non-hydrogen) atoms. The minimum absolute atomic E-state index is 0.0351. The number of nitrogens with zero attached hydrogens (tertiary/aromatic N) is 4. The number of ether oxygens (including phenoxy) is 1. The summed E-state index contributed by atoms with van der Waals surface area (Å²) in [6.45, 7) is 0.0351. The highest BCUT2D eigenvalue weighted by Crippen LogP contribution is 2.25. The van der Waals surface area contributed by atoms with E-state index in [9.17, 15) is 4.79 Å². The van der Waals surface area contributed by atoms with E-state index in [0.717, 1.165) is 5.56 Å². The van der Waals surface area contributed by atoms with Crippen LogP contribution in [0.2, 0.25) is 0 Å². The molecule has 0 atom stereocenters. The Labute approximate surface area is 103 Å². The largest absolute Gasteiger partial charge is 0.497 e. The number of aldehydes is 1. The second-order valence-corrected chi connectivity index (χ2v) is 3.49. The Hall–Kier alpha value is -2.68. The van der Waals surface area contributed by atoms with Gasteiger partial charge in [-0.2, -0.15) is 5.26 Å². The van der Waals surface area contributed by atoms with Crippen molar-refractivity contribution in [1.82, 2.24) is 15.0 Å². The lowest BCUT2D eigenvalue weighted by Gasteiger charge is -2.05. The third kappa shape index (κ3) is 2.06. The van der Waals surface area contributed by atoms with E-state index in [0.29, 0.717) is 17.7 Å². The molecule has 0 radical (unpaired) electrons. The van der Waals surface area contributed by atoms with Gasteiger partial charge in [0.05, 0.1) is 13.2 Å². The fraction of sp³-hybridized carbons (Fsp3) is 0.167. The van der Waals surface area contributed by atoms with E-state index in [1.165, 1.54) is 4.68 Å². The molecule has 90 valence electrons. The molecule has 6 nitrogen and oxygen atoms in total. The minimum atomic E-state index is 0.0351. The van der Waals surface area contributed by atoms with Crippen LogP contribution in [0.3, 0.4) is 0 Å². The van der Waals surface area contributed by atoms with Crippen molar-refractivity contribution in [1.29, 1.82) is 5.26 Å². The normalized spacial score (nSPS) is 9.78. The first-order chi connectivity index (χ1) is 8.80. The van der Waals surface area contributed by atoms with Crippen molar-refractivity contribution in [3.8, 4) is 23.1 Å². The number of benzene rings is 1. The van der Waals surface area contributed by atoms with Crippen molar-refractivity contribution in [3.05, 3.63) is 30.0 Å². The molecule has 0 fully saturated rings. The van der Waals surface area contributed by atoms with Crippen LogP contribution >= 0.6 is 0 Å². The van der Waals surface area contributed by atoms with Gasteiger partial charge in [-0.25, -0.2) is 4.68 Å². The van der Waals surface area contributed by atoms with Crippen LogP contribution in [0, 0.1) is 11.3 Å². The van der Waals surface area contributed by atoms with Crippen LogP contribution in [0.4, 0.5) is 0 Å². The molecule has 0 N–H and O–H groups in total. The van der Waals surface area contributed by atoms with Crippen LogP contribution in [0.5, 0.6) is 5.75 Å². The summed E-state index contributed by atoms with van der Waals surface area (Å²) in [5, 5.41) is 16.2. The maximum Gasteiger partial charge on any atom is 0.172 e. The van der Waals surface area contributed by atoms with Crippen LogP contribution in [0.15, 0.2) is 24.3 Å². The summed E-state index contributed by atoms with van der Waals surface area (Å²) in [5.41, 5.74) is 1.46. The van der Waals surface area contributed by atoms with Crippen molar-refractivity contribution in [2.45, 2.75) is 6.54 Å². The maximum absolute atomic E-state index is 10.9. The molecule has 0 aliphatic carbocycles. The Balaban J connectivity index is 2.57. The van der Waals surface area contributed by atoms with Gasteiger partial charge in [-0.3, -0.25) is 4.79 Å². The second kappa shape index (κ2) is 5.10. The first-order valence-corrected chi connectivity index (χ1v) is 5.20. The number of rotatable bonds is 4. The van der Waals surface area contributed by atoms with Crippen LogP contribution in [0.25, 0.3) is 11.3 Å². The molecular formula is C12H10N4O2. The molecule has 0 spiro atoms. The van der Waals surface area contributed by atoms with Crippen LogP contribution in [-0.2, 0) is 6.54 Å². The van der Waals surface area contributed by atoms with E-state index in [1.807, 2.05) is 12.1 Å². The van der Waals surface area contributed by atoms with Gasteiger partial charge in [0.15, 0.2) is 12.0 Å². The monoisotopic (exact) mass is 242 g/mol. The predicted molar refractivity (Wildman–Crippen MR) is 63.0 cm³/mol. The zero-order valence-corrected chi connectivity index (χ0v) is 9.70. The molecule has 1 aromatic carbocycles. The molecule has 1 aromatic heterocycles. The summed E-state index contributed by atoms with van der Waals surface area (Å²) in [7, 11) is 1.56. The fourth-order valence-electron chi connectivity index (χ4n) is 1.65. The highest BCUT2D eigenvalue weighted by Gasteiger charge is 2.14. The van der Waals surface area contributed by atoms with Gasteiger partial charge in [0, 0.05) is 5.56 Å². The van der Waals surface area contributed by atoms with Crippen LogP contribution in [-0.4, -0.2) is 28.4 Å². The summed E-state index contributed by atoms with van der Waals surface area (Å²) in [4.78, 5) is 10.9. The number of hydrogen-bond donors (Lipinski definition) is 0. The lowest BCUT2D eigenvalue weighted by molar-refractivity contribution is 0.111. The van der Waals surface area contributed by atoms with E-state index < -0.39 is 0 Å². The van der Waals surface area contributed by atoms with Crippen molar-refractivity contribution in [3.63, 3.8) is 0 Å². The van der Waals surface area contributed by atoms with Gasteiger partial charge in [-0.05, 0) is 12.1 Å². The summed E-state index contributed by atoms with van der Waals surface area (Å²) < 4.78 is 6.51. The molecule has 0 bridgehead atoms. The number of hydrogen-bond acceptors (Lipinski definition) is 5. The smallest absolute Gasteiger partial charge is 0.172 e. The highest BCUT2D eigenvalue weighted by molar-refractivity contribution is 5.83. The second-order valence-electron chi connectivity index (χ2n) is 3.49. The Kier molecular flexibility index (Phi) is 3.34. The van der Waals surface area contributed by atoms with E-state index in [4.69, 9.17) is 10.00 Å². The van der Waals surface area contributed by atoms with E-state index in [-0.39, 0.29) is 12.2 Å². The molecule has 0 amide bonds. The van der Waals surface area contributed by atoms with Gasteiger partial charge < -0.3 is 4.74 Å². The average molecular weight is 242 g/mol. The molecule has 6 heteroatoms. The van der Waals surface area contributed by atoms with Crippen LogP contribution in [0.1, 0.15) is 10.5 Å². The molecule has 2 aromatic rings. The van der Waals surface area contributed by atoms with Gasteiger partial charge in [-0.1, -0.05) is 17.3 Å². The first-order valence-electron chi connectivity index (χ1n) is 5.20. The lowest BCUT2D eigenvalue weighted by Crippen LogP contribution is -2.01. The number of aromatic nitrogens is 3. The molecule has 0 aliphatic heterocycles. The number of carbonyl (C=O) groups is 1. The van der Waals surface area contributed by atoms with Crippen molar-refractivity contribution >= 4 is 6.29 Å². The fourth-order valence-corrected chi connectivity index (χ4v) is 1.65. The Morgan fingerprint density at radius 1 is 1.56 bits per heavy atom. The zero-order valence-electron chi connectivity index (χ0n) is 9.70. The highest BCUT2D eigenvalue weighted by atomic mass is 16.5. The molecule has 0 unspecified atom stereocenters.